The molecule has 18 heavy (non-hydrogen) atoms. The first-order valence-electron chi connectivity index (χ1n) is 7.65. The predicted octanol–water partition coefficient (Wildman–Crippen LogP) is 1.79. The number of hydrogen-bond donors (Lipinski definition) is 1. The van der Waals surface area contributed by atoms with Crippen LogP contribution in [-0.2, 0) is 0 Å². The monoisotopic (exact) mass is 253 g/mol. The van der Waals surface area contributed by atoms with Gasteiger partial charge >= 0.3 is 0 Å². The van der Waals surface area contributed by atoms with E-state index in [0.29, 0.717) is 17.5 Å². The van der Waals surface area contributed by atoms with Crippen LogP contribution in [0.25, 0.3) is 0 Å². The fourth-order valence-corrected chi connectivity index (χ4v) is 3.51. The van der Waals surface area contributed by atoms with Crippen molar-refractivity contribution in [2.45, 2.75) is 52.1 Å². The molecule has 0 aromatic heterocycles. The molecule has 2 aliphatic rings. The van der Waals surface area contributed by atoms with Gasteiger partial charge in [-0.1, -0.05) is 13.8 Å². The van der Waals surface area contributed by atoms with Gasteiger partial charge in [-0.05, 0) is 58.3 Å². The Bertz CT molecular complexity index is 264. The number of nitrogens with one attached hydrogen (secondary N) is 1. The smallest absolute Gasteiger partial charge is 0.0246 e. The molecule has 3 nitrogen and oxygen atoms in total. The van der Waals surface area contributed by atoms with Gasteiger partial charge in [-0.3, -0.25) is 4.90 Å². The third kappa shape index (κ3) is 3.46. The van der Waals surface area contributed by atoms with Crippen molar-refractivity contribution in [3.05, 3.63) is 0 Å². The molecule has 0 radical (unpaired) electrons. The zero-order valence-electron chi connectivity index (χ0n) is 12.7. The van der Waals surface area contributed by atoms with E-state index in [1.54, 1.807) is 0 Å². The molecule has 2 heterocycles. The van der Waals surface area contributed by atoms with E-state index < -0.39 is 0 Å². The molecule has 1 N–H and O–H groups in total. The molecule has 0 bridgehead atoms. The van der Waals surface area contributed by atoms with Gasteiger partial charge in [0.15, 0.2) is 0 Å². The summed E-state index contributed by atoms with van der Waals surface area (Å²) in [6.07, 6.45) is 4.02. The second kappa shape index (κ2) is 5.89. The third-order valence-corrected chi connectivity index (χ3v) is 4.93. The fourth-order valence-electron chi connectivity index (χ4n) is 3.51. The van der Waals surface area contributed by atoms with Crippen molar-refractivity contribution in [1.82, 2.24) is 15.1 Å². The van der Waals surface area contributed by atoms with Crippen molar-refractivity contribution < 1.29 is 0 Å². The molecule has 2 saturated heterocycles. The van der Waals surface area contributed by atoms with E-state index in [1.807, 2.05) is 0 Å². The molecule has 2 unspecified atom stereocenters. The van der Waals surface area contributed by atoms with E-state index in [-0.39, 0.29) is 0 Å². The Morgan fingerprint density at radius 3 is 2.72 bits per heavy atom. The Morgan fingerprint density at radius 2 is 2.00 bits per heavy atom. The number of nitrogens with zero attached hydrogens (tertiary/aromatic N) is 2. The van der Waals surface area contributed by atoms with Crippen molar-refractivity contribution in [3.8, 4) is 0 Å². The van der Waals surface area contributed by atoms with Gasteiger partial charge in [0.2, 0.25) is 0 Å². The molecule has 0 aromatic carbocycles. The zero-order chi connectivity index (χ0) is 13.2. The highest BCUT2D eigenvalue weighted by molar-refractivity contribution is 4.91. The number of piperidine rings is 1. The lowest BCUT2D eigenvalue weighted by Crippen LogP contribution is -2.54. The maximum Gasteiger partial charge on any atom is 0.0246 e. The molecule has 0 saturated carbocycles. The SMILES string of the molecule is CC1CN(C)CCCN1CC1NCCCC1(C)C. The third-order valence-electron chi connectivity index (χ3n) is 4.93. The van der Waals surface area contributed by atoms with Crippen LogP contribution >= 0.6 is 0 Å². The summed E-state index contributed by atoms with van der Waals surface area (Å²) < 4.78 is 0. The summed E-state index contributed by atoms with van der Waals surface area (Å²) in [7, 11) is 2.25. The highest BCUT2D eigenvalue weighted by atomic mass is 15.2. The van der Waals surface area contributed by atoms with Crippen LogP contribution in [0.15, 0.2) is 0 Å². The van der Waals surface area contributed by atoms with Gasteiger partial charge in [0.1, 0.15) is 0 Å². The maximum absolute atomic E-state index is 3.75. The van der Waals surface area contributed by atoms with E-state index in [0.717, 1.165) is 0 Å². The minimum Gasteiger partial charge on any atom is -0.312 e. The zero-order valence-corrected chi connectivity index (χ0v) is 12.7. The molecule has 3 heteroatoms. The molecule has 0 aliphatic carbocycles. The first-order valence-corrected chi connectivity index (χ1v) is 7.65. The van der Waals surface area contributed by atoms with Crippen molar-refractivity contribution in [2.75, 3.05) is 39.8 Å². The van der Waals surface area contributed by atoms with Crippen LogP contribution in [0.3, 0.4) is 0 Å². The molecular formula is C15H31N3. The van der Waals surface area contributed by atoms with Crippen molar-refractivity contribution in [3.63, 3.8) is 0 Å². The second-order valence-electron chi connectivity index (χ2n) is 7.06. The predicted molar refractivity (Wildman–Crippen MR) is 78.0 cm³/mol. The highest BCUT2D eigenvalue weighted by Gasteiger charge is 2.34. The van der Waals surface area contributed by atoms with E-state index >= 15 is 0 Å². The van der Waals surface area contributed by atoms with Crippen molar-refractivity contribution in [2.24, 2.45) is 5.41 Å². The van der Waals surface area contributed by atoms with Gasteiger partial charge < -0.3 is 10.2 Å². The fraction of sp³-hybridized carbons (Fsp3) is 1.00. The number of likely N-dealkylation sites (N-methyl/N-ethyl adjacent to an activating group) is 1. The van der Waals surface area contributed by atoms with Crippen LogP contribution in [0.1, 0.15) is 40.0 Å². The minimum atomic E-state index is 0.455. The maximum atomic E-state index is 3.75. The standard InChI is InChI=1S/C15H31N3/c1-13-11-17(4)9-6-10-18(13)12-14-15(2,3)7-5-8-16-14/h13-14,16H,5-12H2,1-4H3. The average Bonchev–Trinajstić information content (AvgIpc) is 2.43. The lowest BCUT2D eigenvalue weighted by atomic mass is 9.77. The summed E-state index contributed by atoms with van der Waals surface area (Å²) in [5.41, 5.74) is 0.455. The molecular weight excluding hydrogens is 222 g/mol. The van der Waals surface area contributed by atoms with Gasteiger partial charge in [-0.15, -0.1) is 0 Å². The van der Waals surface area contributed by atoms with E-state index in [2.05, 4.69) is 42.9 Å². The van der Waals surface area contributed by atoms with Crippen LogP contribution in [0, 0.1) is 5.41 Å². The summed E-state index contributed by atoms with van der Waals surface area (Å²) in [5.74, 6) is 0. The summed E-state index contributed by atoms with van der Waals surface area (Å²) in [6, 6.07) is 1.36. The summed E-state index contributed by atoms with van der Waals surface area (Å²) >= 11 is 0. The van der Waals surface area contributed by atoms with Crippen LogP contribution < -0.4 is 5.32 Å². The largest absolute Gasteiger partial charge is 0.312 e. The molecule has 0 amide bonds. The molecule has 2 atom stereocenters. The Labute approximate surface area is 113 Å². The van der Waals surface area contributed by atoms with Crippen LogP contribution in [0.5, 0.6) is 0 Å². The summed E-state index contributed by atoms with van der Waals surface area (Å²) in [4.78, 5) is 5.18. The minimum absolute atomic E-state index is 0.455. The van der Waals surface area contributed by atoms with Gasteiger partial charge in [-0.25, -0.2) is 0 Å². The Morgan fingerprint density at radius 1 is 1.22 bits per heavy atom. The number of rotatable bonds is 2. The topological polar surface area (TPSA) is 18.5 Å². The van der Waals surface area contributed by atoms with Crippen LogP contribution in [0.4, 0.5) is 0 Å². The molecule has 0 aromatic rings. The van der Waals surface area contributed by atoms with Gasteiger partial charge in [0.25, 0.3) is 0 Å². The van der Waals surface area contributed by atoms with E-state index in [4.69, 9.17) is 0 Å². The van der Waals surface area contributed by atoms with E-state index in [1.165, 1.54) is 52.0 Å². The molecule has 106 valence electrons. The summed E-state index contributed by atoms with van der Waals surface area (Å²) in [5, 5.41) is 3.75. The van der Waals surface area contributed by atoms with Gasteiger partial charge in [0, 0.05) is 25.2 Å². The molecule has 2 rings (SSSR count). The first kappa shape index (κ1) is 14.3. The Hall–Kier alpha value is -0.120. The lowest BCUT2D eigenvalue weighted by molar-refractivity contribution is 0.106. The number of hydrogen-bond acceptors (Lipinski definition) is 3. The van der Waals surface area contributed by atoms with Crippen LogP contribution in [-0.4, -0.2) is 61.7 Å². The average molecular weight is 253 g/mol. The second-order valence-corrected chi connectivity index (χ2v) is 7.06. The van der Waals surface area contributed by atoms with Crippen molar-refractivity contribution >= 4 is 0 Å². The first-order chi connectivity index (χ1) is 8.49. The Kier molecular flexibility index (Phi) is 4.68. The highest BCUT2D eigenvalue weighted by Crippen LogP contribution is 2.31. The lowest BCUT2D eigenvalue weighted by Gasteiger charge is -2.43. The van der Waals surface area contributed by atoms with Crippen LogP contribution in [0.2, 0.25) is 0 Å². The normalized spacial score (nSPS) is 35.3. The van der Waals surface area contributed by atoms with E-state index in [9.17, 15) is 0 Å². The Balaban J connectivity index is 1.94. The van der Waals surface area contributed by atoms with Gasteiger partial charge in [-0.2, -0.15) is 0 Å². The van der Waals surface area contributed by atoms with Gasteiger partial charge in [0.05, 0.1) is 0 Å². The summed E-state index contributed by atoms with van der Waals surface area (Å²) in [6.45, 7) is 13.4. The molecule has 0 spiro atoms. The molecule has 2 aliphatic heterocycles. The quantitative estimate of drug-likeness (QED) is 0.809. The molecule has 2 fully saturated rings. The van der Waals surface area contributed by atoms with Crippen molar-refractivity contribution in [1.29, 1.82) is 0 Å².